The van der Waals surface area contributed by atoms with Crippen molar-refractivity contribution in [1.82, 2.24) is 14.9 Å². The molecule has 3 nitrogen and oxygen atoms in total. The Kier molecular flexibility index (Phi) is 4.90. The van der Waals surface area contributed by atoms with Crippen LogP contribution in [0.3, 0.4) is 0 Å². The standard InChI is InChI=1S/C21H23N3S/c1-16-6-8-17(9-7-16)20-12-22-15-23-21(20)18-4-2-10-24(13-18)14-19-5-3-11-25-19/h3,5-9,11-12,15,18H,2,4,10,13-14H2,1H3. The molecule has 0 saturated carbocycles. The highest BCUT2D eigenvalue weighted by Gasteiger charge is 2.25. The van der Waals surface area contributed by atoms with Gasteiger partial charge in [-0.3, -0.25) is 4.90 Å². The quantitative estimate of drug-likeness (QED) is 0.671. The third-order valence-corrected chi connectivity index (χ3v) is 5.82. The van der Waals surface area contributed by atoms with E-state index in [9.17, 15) is 0 Å². The molecule has 0 bridgehead atoms. The van der Waals surface area contributed by atoms with Gasteiger partial charge in [-0.15, -0.1) is 11.3 Å². The van der Waals surface area contributed by atoms with Crippen LogP contribution in [-0.4, -0.2) is 28.0 Å². The molecule has 1 aromatic carbocycles. The monoisotopic (exact) mass is 349 g/mol. The predicted molar refractivity (Wildman–Crippen MR) is 104 cm³/mol. The maximum atomic E-state index is 4.70. The number of rotatable bonds is 4. The van der Waals surface area contributed by atoms with Crippen molar-refractivity contribution < 1.29 is 0 Å². The van der Waals surface area contributed by atoms with Crippen LogP contribution in [0.1, 0.15) is 34.9 Å². The van der Waals surface area contributed by atoms with Gasteiger partial charge in [-0.25, -0.2) is 9.97 Å². The van der Waals surface area contributed by atoms with Gasteiger partial charge in [-0.2, -0.15) is 0 Å². The first-order valence-corrected chi connectivity index (χ1v) is 9.79. The zero-order valence-electron chi connectivity index (χ0n) is 14.6. The minimum absolute atomic E-state index is 0.480. The van der Waals surface area contributed by atoms with Crippen LogP contribution in [0.15, 0.2) is 54.3 Å². The van der Waals surface area contributed by atoms with Crippen LogP contribution in [-0.2, 0) is 6.54 Å². The first-order valence-electron chi connectivity index (χ1n) is 8.91. The van der Waals surface area contributed by atoms with Crippen molar-refractivity contribution in [2.45, 2.75) is 32.2 Å². The Balaban J connectivity index is 1.57. The zero-order valence-corrected chi connectivity index (χ0v) is 15.4. The van der Waals surface area contributed by atoms with E-state index in [4.69, 9.17) is 4.98 Å². The van der Waals surface area contributed by atoms with Gasteiger partial charge in [0.15, 0.2) is 0 Å². The molecule has 0 aliphatic carbocycles. The number of benzene rings is 1. The maximum absolute atomic E-state index is 4.70. The minimum Gasteiger partial charge on any atom is -0.298 e. The summed E-state index contributed by atoms with van der Waals surface area (Å²) in [7, 11) is 0. The largest absolute Gasteiger partial charge is 0.298 e. The summed E-state index contributed by atoms with van der Waals surface area (Å²) in [5.41, 5.74) is 4.89. The highest BCUT2D eigenvalue weighted by atomic mass is 32.1. The summed E-state index contributed by atoms with van der Waals surface area (Å²) >= 11 is 1.85. The molecule has 128 valence electrons. The van der Waals surface area contributed by atoms with Crippen LogP contribution in [0.25, 0.3) is 11.1 Å². The molecular weight excluding hydrogens is 326 g/mol. The second kappa shape index (κ2) is 7.46. The lowest BCUT2D eigenvalue weighted by molar-refractivity contribution is 0.200. The highest BCUT2D eigenvalue weighted by molar-refractivity contribution is 7.09. The molecule has 0 spiro atoms. The summed E-state index contributed by atoms with van der Waals surface area (Å²) in [6.07, 6.45) is 6.11. The van der Waals surface area contributed by atoms with E-state index in [1.165, 1.54) is 46.6 Å². The van der Waals surface area contributed by atoms with E-state index in [0.29, 0.717) is 5.92 Å². The molecule has 1 atom stereocenters. The molecule has 3 aromatic rings. The fourth-order valence-corrected chi connectivity index (χ4v) is 4.41. The topological polar surface area (TPSA) is 29.0 Å². The van der Waals surface area contributed by atoms with E-state index in [1.807, 2.05) is 17.5 Å². The van der Waals surface area contributed by atoms with Gasteiger partial charge < -0.3 is 0 Å². The molecule has 4 rings (SSSR count). The van der Waals surface area contributed by atoms with Crippen LogP contribution in [0.4, 0.5) is 0 Å². The first kappa shape index (κ1) is 16.4. The van der Waals surface area contributed by atoms with E-state index in [1.54, 1.807) is 6.33 Å². The van der Waals surface area contributed by atoms with Gasteiger partial charge in [0.2, 0.25) is 0 Å². The normalized spacial score (nSPS) is 18.4. The third-order valence-electron chi connectivity index (χ3n) is 4.96. The number of nitrogens with zero attached hydrogens (tertiary/aromatic N) is 3. The minimum atomic E-state index is 0.480. The van der Waals surface area contributed by atoms with E-state index in [-0.39, 0.29) is 0 Å². The van der Waals surface area contributed by atoms with Crippen molar-refractivity contribution in [1.29, 1.82) is 0 Å². The molecule has 2 aromatic heterocycles. The Morgan fingerprint density at radius 3 is 2.88 bits per heavy atom. The van der Waals surface area contributed by atoms with Gasteiger partial charge in [-0.05, 0) is 43.3 Å². The molecule has 25 heavy (non-hydrogen) atoms. The summed E-state index contributed by atoms with van der Waals surface area (Å²) in [5.74, 6) is 0.480. The Hall–Kier alpha value is -2.04. The Morgan fingerprint density at radius 2 is 2.08 bits per heavy atom. The lowest BCUT2D eigenvalue weighted by atomic mass is 9.90. The van der Waals surface area contributed by atoms with E-state index in [0.717, 1.165) is 13.1 Å². The summed E-state index contributed by atoms with van der Waals surface area (Å²) in [6, 6.07) is 13.1. The number of piperidine rings is 1. The predicted octanol–water partition coefficient (Wildman–Crippen LogP) is 4.89. The van der Waals surface area contributed by atoms with Crippen molar-refractivity contribution in [2.75, 3.05) is 13.1 Å². The Labute approximate surface area is 153 Å². The number of aromatic nitrogens is 2. The Morgan fingerprint density at radius 1 is 1.20 bits per heavy atom. The smallest absolute Gasteiger partial charge is 0.115 e. The number of hydrogen-bond acceptors (Lipinski definition) is 4. The molecule has 3 heterocycles. The van der Waals surface area contributed by atoms with Crippen LogP contribution in [0.2, 0.25) is 0 Å². The molecule has 0 amide bonds. The van der Waals surface area contributed by atoms with Gasteiger partial charge >= 0.3 is 0 Å². The molecule has 0 radical (unpaired) electrons. The van der Waals surface area contributed by atoms with Crippen LogP contribution in [0, 0.1) is 6.92 Å². The fourth-order valence-electron chi connectivity index (χ4n) is 3.67. The highest BCUT2D eigenvalue weighted by Crippen LogP contribution is 2.33. The van der Waals surface area contributed by atoms with Crippen LogP contribution in [0.5, 0.6) is 0 Å². The van der Waals surface area contributed by atoms with E-state index >= 15 is 0 Å². The lowest BCUT2D eigenvalue weighted by Gasteiger charge is -2.32. The lowest BCUT2D eigenvalue weighted by Crippen LogP contribution is -2.34. The number of hydrogen-bond donors (Lipinski definition) is 0. The van der Waals surface area contributed by atoms with E-state index < -0.39 is 0 Å². The number of thiophene rings is 1. The summed E-state index contributed by atoms with van der Waals surface area (Å²) in [6.45, 7) is 5.43. The fraction of sp³-hybridized carbons (Fsp3) is 0.333. The average Bonchev–Trinajstić information content (AvgIpc) is 3.16. The summed E-state index contributed by atoms with van der Waals surface area (Å²) in [5, 5.41) is 2.16. The van der Waals surface area contributed by atoms with Gasteiger partial charge in [0.25, 0.3) is 0 Å². The molecule has 1 fully saturated rings. The van der Waals surface area contributed by atoms with Crippen LogP contribution < -0.4 is 0 Å². The first-order chi connectivity index (χ1) is 12.3. The zero-order chi connectivity index (χ0) is 17.1. The molecule has 1 saturated heterocycles. The van der Waals surface area contributed by atoms with Crippen molar-refractivity contribution in [3.63, 3.8) is 0 Å². The van der Waals surface area contributed by atoms with Gasteiger partial charge in [0.05, 0.1) is 5.69 Å². The summed E-state index contributed by atoms with van der Waals surface area (Å²) < 4.78 is 0. The van der Waals surface area contributed by atoms with Gasteiger partial charge in [-0.1, -0.05) is 35.9 Å². The SMILES string of the molecule is Cc1ccc(-c2cncnc2C2CCCN(Cc3cccs3)C2)cc1. The van der Waals surface area contributed by atoms with Gasteiger partial charge in [0, 0.05) is 35.6 Å². The van der Waals surface area contributed by atoms with Crippen molar-refractivity contribution in [3.8, 4) is 11.1 Å². The molecule has 1 unspecified atom stereocenters. The maximum Gasteiger partial charge on any atom is 0.115 e. The van der Waals surface area contributed by atoms with E-state index in [2.05, 4.69) is 58.6 Å². The van der Waals surface area contributed by atoms with Gasteiger partial charge in [0.1, 0.15) is 6.33 Å². The van der Waals surface area contributed by atoms with Crippen molar-refractivity contribution >= 4 is 11.3 Å². The van der Waals surface area contributed by atoms with Crippen LogP contribution >= 0.6 is 11.3 Å². The molecule has 1 aliphatic rings. The molecule has 4 heteroatoms. The molecule has 0 N–H and O–H groups in total. The summed E-state index contributed by atoms with van der Waals surface area (Å²) in [4.78, 5) is 13.0. The van der Waals surface area contributed by atoms with Crippen molar-refractivity contribution in [2.24, 2.45) is 0 Å². The third kappa shape index (κ3) is 3.80. The van der Waals surface area contributed by atoms with Crippen molar-refractivity contribution in [3.05, 3.63) is 70.4 Å². The second-order valence-electron chi connectivity index (χ2n) is 6.84. The second-order valence-corrected chi connectivity index (χ2v) is 7.87. The molecular formula is C21H23N3S. The molecule has 1 aliphatic heterocycles. The number of likely N-dealkylation sites (tertiary alicyclic amines) is 1. The average molecular weight is 350 g/mol. The number of aryl methyl sites for hydroxylation is 1. The Bertz CT molecular complexity index is 811.